The average Bonchev–Trinajstić information content (AvgIpc) is 2.80. The normalized spacial score (nSPS) is 11.2. The van der Waals surface area contributed by atoms with Crippen LogP contribution in [0.1, 0.15) is 47.8 Å². The topological polar surface area (TPSA) is 54.3 Å². The van der Waals surface area contributed by atoms with E-state index < -0.39 is 0 Å². The molecule has 2 N–H and O–H groups in total. The third-order valence-corrected chi connectivity index (χ3v) is 4.15. The van der Waals surface area contributed by atoms with Crippen LogP contribution in [-0.2, 0) is 6.54 Å². The van der Waals surface area contributed by atoms with Crippen molar-refractivity contribution in [1.29, 1.82) is 0 Å². The second-order valence-electron chi connectivity index (χ2n) is 6.14. The Bertz CT molecular complexity index is 714. The number of aryl methyl sites for hydroxylation is 1. The van der Waals surface area contributed by atoms with E-state index in [1.807, 2.05) is 11.5 Å². The summed E-state index contributed by atoms with van der Waals surface area (Å²) >= 11 is 0. The fraction of sp³-hybridized carbons (Fsp3) is 0.421. The van der Waals surface area contributed by atoms with Crippen molar-refractivity contribution in [3.05, 3.63) is 47.7 Å². The highest BCUT2D eigenvalue weighted by atomic mass is 16.3. The summed E-state index contributed by atoms with van der Waals surface area (Å²) in [6.45, 7) is 11.3. The monoisotopic (exact) mass is 314 g/mol. The lowest BCUT2D eigenvalue weighted by Gasteiger charge is -2.10. The highest BCUT2D eigenvalue weighted by Gasteiger charge is 2.20. The molecule has 0 atom stereocenters. The van der Waals surface area contributed by atoms with Crippen molar-refractivity contribution >= 4 is 16.8 Å². The largest absolute Gasteiger partial charge is 0.396 e. The molecule has 0 bridgehead atoms. The van der Waals surface area contributed by atoms with Gasteiger partial charge in [-0.25, -0.2) is 0 Å². The zero-order chi connectivity index (χ0) is 17.0. The molecule has 0 saturated carbocycles. The van der Waals surface area contributed by atoms with Gasteiger partial charge in [0.2, 0.25) is 0 Å². The van der Waals surface area contributed by atoms with Gasteiger partial charge in [-0.1, -0.05) is 26.0 Å². The van der Waals surface area contributed by atoms with Crippen LogP contribution >= 0.6 is 0 Å². The molecule has 23 heavy (non-hydrogen) atoms. The van der Waals surface area contributed by atoms with Gasteiger partial charge in [0, 0.05) is 30.6 Å². The highest BCUT2D eigenvalue weighted by Crippen LogP contribution is 2.29. The first-order valence-corrected chi connectivity index (χ1v) is 8.14. The molecule has 1 aromatic carbocycles. The Morgan fingerprint density at radius 3 is 2.78 bits per heavy atom. The number of benzene rings is 1. The fourth-order valence-corrected chi connectivity index (χ4v) is 2.88. The number of aliphatic hydroxyl groups is 1. The molecule has 1 heterocycles. The minimum Gasteiger partial charge on any atom is -0.396 e. The lowest BCUT2D eigenvalue weighted by molar-refractivity contribution is 0.0942. The Hall–Kier alpha value is -2.07. The SMILES string of the molecule is C=CCn1c(C(=O)NCCCO)c(C)c2cc(C(C)C)ccc21. The van der Waals surface area contributed by atoms with Crippen LogP contribution in [0.5, 0.6) is 0 Å². The van der Waals surface area contributed by atoms with Crippen molar-refractivity contribution in [2.45, 2.75) is 39.7 Å². The quantitative estimate of drug-likeness (QED) is 0.608. The minimum absolute atomic E-state index is 0.0760. The van der Waals surface area contributed by atoms with Crippen LogP contribution in [0.25, 0.3) is 10.9 Å². The minimum atomic E-state index is -0.0971. The summed E-state index contributed by atoms with van der Waals surface area (Å²) in [5.41, 5.74) is 3.99. The van der Waals surface area contributed by atoms with Crippen LogP contribution in [0.15, 0.2) is 30.9 Å². The number of aromatic nitrogens is 1. The molecule has 2 aromatic rings. The average molecular weight is 314 g/mol. The lowest BCUT2D eigenvalue weighted by atomic mass is 10.0. The number of carbonyl (C=O) groups is 1. The van der Waals surface area contributed by atoms with Crippen molar-refractivity contribution in [3.8, 4) is 0 Å². The Kier molecular flexibility index (Phi) is 5.61. The van der Waals surface area contributed by atoms with E-state index in [-0.39, 0.29) is 12.5 Å². The van der Waals surface area contributed by atoms with Crippen molar-refractivity contribution in [1.82, 2.24) is 9.88 Å². The molecule has 0 spiro atoms. The molecule has 124 valence electrons. The number of fused-ring (bicyclic) bond motifs is 1. The number of nitrogens with one attached hydrogen (secondary N) is 1. The van der Waals surface area contributed by atoms with Crippen molar-refractivity contribution in [3.63, 3.8) is 0 Å². The predicted octanol–water partition coefficient (Wildman–Crippen LogP) is 3.37. The van der Waals surface area contributed by atoms with Crippen LogP contribution in [0, 0.1) is 6.92 Å². The number of amides is 1. The number of rotatable bonds is 7. The van der Waals surface area contributed by atoms with Gasteiger partial charge in [-0.05, 0) is 42.5 Å². The first-order valence-electron chi connectivity index (χ1n) is 8.14. The molecule has 4 heteroatoms. The summed E-state index contributed by atoms with van der Waals surface area (Å²) in [4.78, 5) is 12.6. The van der Waals surface area contributed by atoms with Gasteiger partial charge in [-0.3, -0.25) is 4.79 Å². The Balaban J connectivity index is 2.53. The molecule has 0 fully saturated rings. The number of hydrogen-bond acceptors (Lipinski definition) is 2. The summed E-state index contributed by atoms with van der Waals surface area (Å²) in [6.07, 6.45) is 2.36. The van der Waals surface area contributed by atoms with Crippen molar-refractivity contribution in [2.75, 3.05) is 13.2 Å². The smallest absolute Gasteiger partial charge is 0.268 e. The molecular formula is C19H26N2O2. The predicted molar refractivity (Wildman–Crippen MR) is 95.0 cm³/mol. The number of hydrogen-bond donors (Lipinski definition) is 2. The van der Waals surface area contributed by atoms with Gasteiger partial charge >= 0.3 is 0 Å². The molecule has 1 aromatic heterocycles. The Labute approximate surface area is 137 Å². The lowest BCUT2D eigenvalue weighted by Crippen LogP contribution is -2.28. The summed E-state index contributed by atoms with van der Waals surface area (Å²) in [6, 6.07) is 6.39. The number of aliphatic hydroxyl groups excluding tert-OH is 1. The van der Waals surface area contributed by atoms with Crippen LogP contribution in [0.2, 0.25) is 0 Å². The van der Waals surface area contributed by atoms with E-state index in [1.165, 1.54) is 5.56 Å². The Morgan fingerprint density at radius 2 is 2.17 bits per heavy atom. The van der Waals surface area contributed by atoms with E-state index in [0.29, 0.717) is 31.1 Å². The maximum absolute atomic E-state index is 12.6. The van der Waals surface area contributed by atoms with E-state index in [9.17, 15) is 4.79 Å². The molecule has 0 unspecified atom stereocenters. The maximum atomic E-state index is 12.6. The molecule has 0 aliphatic heterocycles. The summed E-state index contributed by atoms with van der Waals surface area (Å²) < 4.78 is 2.01. The molecule has 0 aliphatic rings. The van der Waals surface area contributed by atoms with Gasteiger partial charge in [0.05, 0.1) is 0 Å². The zero-order valence-corrected chi connectivity index (χ0v) is 14.2. The number of nitrogens with zero attached hydrogens (tertiary/aromatic N) is 1. The number of carbonyl (C=O) groups excluding carboxylic acids is 1. The van der Waals surface area contributed by atoms with Crippen molar-refractivity contribution < 1.29 is 9.90 Å². The van der Waals surface area contributed by atoms with Crippen molar-refractivity contribution in [2.24, 2.45) is 0 Å². The first kappa shape index (κ1) is 17.3. The summed E-state index contributed by atoms with van der Waals surface area (Å²) in [7, 11) is 0. The van der Waals surface area contributed by atoms with Gasteiger partial charge in [-0.15, -0.1) is 6.58 Å². The Morgan fingerprint density at radius 1 is 1.43 bits per heavy atom. The number of allylic oxidation sites excluding steroid dienone is 1. The van der Waals surface area contributed by atoms with Crippen LogP contribution in [0.3, 0.4) is 0 Å². The molecule has 0 saturated heterocycles. The molecule has 4 nitrogen and oxygen atoms in total. The fourth-order valence-electron chi connectivity index (χ4n) is 2.88. The summed E-state index contributed by atoms with van der Waals surface area (Å²) in [5, 5.41) is 12.9. The third kappa shape index (κ3) is 3.48. The maximum Gasteiger partial charge on any atom is 0.268 e. The summed E-state index contributed by atoms with van der Waals surface area (Å²) in [5.74, 6) is 0.350. The van der Waals surface area contributed by atoms with Gasteiger partial charge in [0.15, 0.2) is 0 Å². The molecule has 0 aliphatic carbocycles. The van der Waals surface area contributed by atoms with E-state index in [4.69, 9.17) is 5.11 Å². The molecular weight excluding hydrogens is 288 g/mol. The zero-order valence-electron chi connectivity index (χ0n) is 14.2. The van der Waals surface area contributed by atoms with Crippen LogP contribution < -0.4 is 5.32 Å². The second kappa shape index (κ2) is 7.47. The van der Waals surface area contributed by atoms with Gasteiger partial charge in [-0.2, -0.15) is 0 Å². The third-order valence-electron chi connectivity index (χ3n) is 4.15. The van der Waals surface area contributed by atoms with E-state index in [0.717, 1.165) is 16.5 Å². The van der Waals surface area contributed by atoms with Gasteiger partial charge in [0.25, 0.3) is 5.91 Å². The highest BCUT2D eigenvalue weighted by molar-refractivity contribution is 6.01. The van der Waals surface area contributed by atoms with Crippen LogP contribution in [0.4, 0.5) is 0 Å². The first-order chi connectivity index (χ1) is 11.0. The second-order valence-corrected chi connectivity index (χ2v) is 6.14. The standard InChI is InChI=1S/C19H26N2O2/c1-5-10-21-17-8-7-15(13(2)3)12-16(17)14(4)18(21)19(23)20-9-6-11-22/h5,7-8,12-13,22H,1,6,9-11H2,2-4H3,(H,20,23). The van der Waals surface area contributed by atoms with E-state index in [1.54, 1.807) is 6.08 Å². The molecule has 0 radical (unpaired) electrons. The van der Waals surface area contributed by atoms with Gasteiger partial charge in [0.1, 0.15) is 5.69 Å². The van der Waals surface area contributed by atoms with E-state index >= 15 is 0 Å². The van der Waals surface area contributed by atoms with E-state index in [2.05, 4.69) is 43.9 Å². The van der Waals surface area contributed by atoms with Crippen LogP contribution in [-0.4, -0.2) is 28.7 Å². The molecule has 1 amide bonds. The van der Waals surface area contributed by atoms with Gasteiger partial charge < -0.3 is 15.0 Å². The molecule has 2 rings (SSSR count).